The highest BCUT2D eigenvalue weighted by molar-refractivity contribution is 8.00. The smallest absolute Gasteiger partial charge is 0.254 e. The maximum absolute atomic E-state index is 12.6. The normalized spacial score (nSPS) is 11.9. The van der Waals surface area contributed by atoms with E-state index in [4.69, 9.17) is 9.47 Å². The number of hydrogen-bond acceptors (Lipinski definition) is 7. The summed E-state index contributed by atoms with van der Waals surface area (Å²) in [4.78, 5) is 30.4. The summed E-state index contributed by atoms with van der Waals surface area (Å²) in [5.74, 6) is 0.963. The number of hydrogen-bond donors (Lipinski definition) is 2. The first-order chi connectivity index (χ1) is 14.6. The lowest BCUT2D eigenvalue weighted by Crippen LogP contribution is -2.23. The second-order valence-electron chi connectivity index (χ2n) is 6.47. The summed E-state index contributed by atoms with van der Waals surface area (Å²) in [6.45, 7) is 2.66. The van der Waals surface area contributed by atoms with E-state index >= 15 is 0 Å². The van der Waals surface area contributed by atoms with Gasteiger partial charge >= 0.3 is 0 Å². The predicted molar refractivity (Wildman–Crippen MR) is 116 cm³/mol. The molecule has 0 saturated carbocycles. The van der Waals surface area contributed by atoms with Crippen LogP contribution in [0.5, 0.6) is 11.5 Å². The number of carbonyl (C=O) groups is 2. The van der Waals surface area contributed by atoms with Crippen molar-refractivity contribution in [1.29, 1.82) is 0 Å². The molecule has 7 nitrogen and oxygen atoms in total. The predicted octanol–water partition coefficient (Wildman–Crippen LogP) is 3.84. The molecule has 2 amide bonds. The van der Waals surface area contributed by atoms with Gasteiger partial charge in [0.15, 0.2) is 11.5 Å². The van der Waals surface area contributed by atoms with Crippen molar-refractivity contribution in [3.63, 3.8) is 0 Å². The fourth-order valence-corrected chi connectivity index (χ4v) is 4.46. The standard InChI is InChI=1S/C21H19N3O4S2/c1-13-6-8-29-18(13)10-23-20(26)15-3-2-7-22-21(15)30-11-19(25)24-14-4-5-16-17(9-14)28-12-27-16/h2-9H,10-12H2,1H3,(H,23,26)(H,24,25). The number of fused-ring (bicyclic) bond motifs is 1. The molecule has 2 N–H and O–H groups in total. The number of anilines is 1. The van der Waals surface area contributed by atoms with Crippen LogP contribution in [0.25, 0.3) is 0 Å². The molecule has 0 unspecified atom stereocenters. The lowest BCUT2D eigenvalue weighted by molar-refractivity contribution is -0.113. The average Bonchev–Trinajstić information content (AvgIpc) is 3.39. The van der Waals surface area contributed by atoms with Crippen LogP contribution in [0.1, 0.15) is 20.8 Å². The van der Waals surface area contributed by atoms with E-state index in [0.717, 1.165) is 10.4 Å². The van der Waals surface area contributed by atoms with Gasteiger partial charge in [-0.25, -0.2) is 4.98 Å². The molecule has 3 aromatic rings. The first-order valence-corrected chi connectivity index (χ1v) is 11.0. The first kappa shape index (κ1) is 20.2. The van der Waals surface area contributed by atoms with Crippen LogP contribution in [0.4, 0.5) is 5.69 Å². The SMILES string of the molecule is Cc1ccsc1CNC(=O)c1cccnc1SCC(=O)Nc1ccc2c(c1)OCO2. The molecule has 0 saturated heterocycles. The van der Waals surface area contributed by atoms with Gasteiger partial charge in [0.05, 0.1) is 17.9 Å². The number of ether oxygens (including phenoxy) is 2. The molecule has 0 spiro atoms. The van der Waals surface area contributed by atoms with Gasteiger partial charge in [0.2, 0.25) is 12.7 Å². The number of aromatic nitrogens is 1. The number of thioether (sulfide) groups is 1. The van der Waals surface area contributed by atoms with Gasteiger partial charge in [0.25, 0.3) is 5.91 Å². The van der Waals surface area contributed by atoms with Crippen LogP contribution >= 0.6 is 23.1 Å². The molecule has 4 rings (SSSR count). The van der Waals surface area contributed by atoms with Gasteiger partial charge < -0.3 is 20.1 Å². The van der Waals surface area contributed by atoms with Crippen molar-refractivity contribution in [3.05, 3.63) is 64.0 Å². The topological polar surface area (TPSA) is 89.6 Å². The highest BCUT2D eigenvalue weighted by Crippen LogP contribution is 2.34. The van der Waals surface area contributed by atoms with Gasteiger partial charge in [0.1, 0.15) is 5.03 Å². The van der Waals surface area contributed by atoms with Gasteiger partial charge in [-0.05, 0) is 48.2 Å². The number of thiophene rings is 1. The molecule has 0 fully saturated rings. The molecule has 1 aliphatic rings. The first-order valence-electron chi connectivity index (χ1n) is 9.18. The quantitative estimate of drug-likeness (QED) is 0.542. The summed E-state index contributed by atoms with van der Waals surface area (Å²) in [6, 6.07) is 10.7. The van der Waals surface area contributed by atoms with Gasteiger partial charge in [0, 0.05) is 22.8 Å². The monoisotopic (exact) mass is 441 g/mol. The number of nitrogens with zero attached hydrogens (tertiary/aromatic N) is 1. The Bertz CT molecular complexity index is 1080. The van der Waals surface area contributed by atoms with Crippen molar-refractivity contribution in [2.24, 2.45) is 0 Å². The summed E-state index contributed by atoms with van der Waals surface area (Å²) in [5, 5.41) is 8.26. The molecule has 3 heterocycles. The maximum atomic E-state index is 12.6. The Balaban J connectivity index is 1.35. The van der Waals surface area contributed by atoms with Crippen LogP contribution in [0.15, 0.2) is 53.0 Å². The Hall–Kier alpha value is -3.04. The summed E-state index contributed by atoms with van der Waals surface area (Å²) in [7, 11) is 0. The molecular weight excluding hydrogens is 422 g/mol. The molecule has 0 atom stereocenters. The average molecular weight is 442 g/mol. The van der Waals surface area contributed by atoms with Crippen molar-refractivity contribution >= 4 is 40.6 Å². The molecular formula is C21H19N3O4S2. The van der Waals surface area contributed by atoms with E-state index in [0.29, 0.717) is 34.3 Å². The number of benzene rings is 1. The van der Waals surface area contributed by atoms with Crippen LogP contribution in [-0.2, 0) is 11.3 Å². The van der Waals surface area contributed by atoms with Gasteiger partial charge in [-0.1, -0.05) is 11.8 Å². The van der Waals surface area contributed by atoms with Crippen LogP contribution in [0, 0.1) is 6.92 Å². The number of carbonyl (C=O) groups excluding carboxylic acids is 2. The van der Waals surface area contributed by atoms with Crippen molar-refractivity contribution < 1.29 is 19.1 Å². The van der Waals surface area contributed by atoms with Crippen LogP contribution in [0.3, 0.4) is 0 Å². The zero-order chi connectivity index (χ0) is 20.9. The van der Waals surface area contributed by atoms with Gasteiger partial charge in [-0.2, -0.15) is 0 Å². The van der Waals surface area contributed by atoms with Crippen molar-refractivity contribution in [1.82, 2.24) is 10.3 Å². The number of nitrogens with one attached hydrogen (secondary N) is 2. The zero-order valence-electron chi connectivity index (χ0n) is 16.1. The van der Waals surface area contributed by atoms with Gasteiger partial charge in [-0.3, -0.25) is 9.59 Å². The molecule has 154 valence electrons. The zero-order valence-corrected chi connectivity index (χ0v) is 17.8. The van der Waals surface area contributed by atoms with E-state index in [2.05, 4.69) is 15.6 Å². The Labute approximate surface area is 181 Å². The van der Waals surface area contributed by atoms with Crippen LogP contribution < -0.4 is 20.1 Å². The van der Waals surface area contributed by atoms with Crippen molar-refractivity contribution in [2.75, 3.05) is 17.9 Å². The van der Waals surface area contributed by atoms with E-state index in [1.807, 2.05) is 18.4 Å². The Kier molecular flexibility index (Phi) is 6.20. The number of aryl methyl sites for hydroxylation is 1. The lowest BCUT2D eigenvalue weighted by Gasteiger charge is -2.09. The summed E-state index contributed by atoms with van der Waals surface area (Å²) in [5.41, 5.74) is 2.23. The van der Waals surface area contributed by atoms with Crippen LogP contribution in [0.2, 0.25) is 0 Å². The third-order valence-corrected chi connectivity index (χ3v) is 6.42. The molecule has 0 bridgehead atoms. The minimum absolute atomic E-state index is 0.121. The maximum Gasteiger partial charge on any atom is 0.254 e. The van der Waals surface area contributed by atoms with E-state index < -0.39 is 0 Å². The minimum Gasteiger partial charge on any atom is -0.454 e. The summed E-state index contributed by atoms with van der Waals surface area (Å²) >= 11 is 2.83. The summed E-state index contributed by atoms with van der Waals surface area (Å²) < 4.78 is 10.6. The Morgan fingerprint density at radius 1 is 1.20 bits per heavy atom. The number of pyridine rings is 1. The molecule has 1 aromatic carbocycles. The van der Waals surface area contributed by atoms with Crippen LogP contribution in [-0.4, -0.2) is 29.3 Å². The Morgan fingerprint density at radius 2 is 2.07 bits per heavy atom. The highest BCUT2D eigenvalue weighted by Gasteiger charge is 2.16. The van der Waals surface area contributed by atoms with Gasteiger partial charge in [-0.15, -0.1) is 11.3 Å². The molecule has 2 aromatic heterocycles. The number of amides is 2. The fourth-order valence-electron chi connectivity index (χ4n) is 2.82. The van der Waals surface area contributed by atoms with E-state index in [-0.39, 0.29) is 24.4 Å². The number of rotatable bonds is 7. The highest BCUT2D eigenvalue weighted by atomic mass is 32.2. The van der Waals surface area contributed by atoms with E-state index in [1.165, 1.54) is 11.8 Å². The van der Waals surface area contributed by atoms with E-state index in [1.54, 1.807) is 47.9 Å². The second-order valence-corrected chi connectivity index (χ2v) is 8.44. The molecule has 1 aliphatic heterocycles. The molecule has 9 heteroatoms. The largest absolute Gasteiger partial charge is 0.454 e. The van der Waals surface area contributed by atoms with Crippen molar-refractivity contribution in [3.8, 4) is 11.5 Å². The van der Waals surface area contributed by atoms with Crippen molar-refractivity contribution in [2.45, 2.75) is 18.5 Å². The lowest BCUT2D eigenvalue weighted by atomic mass is 10.2. The fraction of sp³-hybridized carbons (Fsp3) is 0.190. The minimum atomic E-state index is -0.213. The molecule has 0 radical (unpaired) electrons. The third-order valence-electron chi connectivity index (χ3n) is 4.39. The second kappa shape index (κ2) is 9.19. The van der Waals surface area contributed by atoms with E-state index in [9.17, 15) is 9.59 Å². The molecule has 0 aliphatic carbocycles. The molecule has 30 heavy (non-hydrogen) atoms. The Morgan fingerprint density at radius 3 is 2.90 bits per heavy atom. The third kappa shape index (κ3) is 4.74. The summed E-state index contributed by atoms with van der Waals surface area (Å²) in [6.07, 6.45) is 1.61.